The Morgan fingerprint density at radius 2 is 1.08 bits per heavy atom. The monoisotopic (exact) mass is 715 g/mol. The third-order valence-electron chi connectivity index (χ3n) is 8.26. The smallest absolute Gasteiger partial charge is 0.308 e. The van der Waals surface area contributed by atoms with Crippen molar-refractivity contribution in [2.24, 2.45) is 11.8 Å². The van der Waals surface area contributed by atoms with Crippen molar-refractivity contribution < 1.29 is 53.1 Å². The second kappa shape index (κ2) is 25.2. The van der Waals surface area contributed by atoms with Gasteiger partial charge in [0, 0.05) is 12.8 Å². The maximum atomic E-state index is 12.8. The van der Waals surface area contributed by atoms with Crippen LogP contribution in [0.5, 0.6) is 0 Å². The van der Waals surface area contributed by atoms with E-state index in [-0.39, 0.29) is 44.5 Å². The van der Waals surface area contributed by atoms with Crippen LogP contribution in [0.25, 0.3) is 0 Å². The fraction of sp³-hybridized carbons (Fsp3) is 0.590. The highest BCUT2D eigenvalue weighted by Crippen LogP contribution is 2.15. The molecule has 284 valence electrons. The Morgan fingerprint density at radius 1 is 0.647 bits per heavy atom. The summed E-state index contributed by atoms with van der Waals surface area (Å²) in [6, 6.07) is 16.3. The van der Waals surface area contributed by atoms with Gasteiger partial charge in [0.15, 0.2) is 6.10 Å². The third-order valence-corrected chi connectivity index (χ3v) is 8.26. The number of ether oxygens (including phenoxy) is 5. The molecule has 0 aliphatic rings. The number of hydrogen-bond acceptors (Lipinski definition) is 12. The van der Waals surface area contributed by atoms with Gasteiger partial charge in [0.25, 0.3) is 0 Å². The van der Waals surface area contributed by atoms with Gasteiger partial charge in [-0.25, -0.2) is 0 Å². The number of aliphatic hydroxyl groups excluding tert-OH is 2. The SMILES string of the molecule is Cc1ccc(CCC(C)C(=O)OCC(COC(=O)C(C)CCc2ccc(C)cc2)OC(=O)CCCNCCCC(=O)OC(CO)COCO)cc1. The van der Waals surface area contributed by atoms with Gasteiger partial charge in [-0.2, -0.15) is 0 Å². The predicted molar refractivity (Wildman–Crippen MR) is 190 cm³/mol. The minimum Gasteiger partial charge on any atom is -0.461 e. The molecule has 0 aliphatic carbocycles. The van der Waals surface area contributed by atoms with Crippen LogP contribution >= 0.6 is 0 Å². The Kier molecular flexibility index (Phi) is 21.4. The minimum absolute atomic E-state index is 0.0797. The van der Waals surface area contributed by atoms with Crippen molar-refractivity contribution >= 4 is 23.9 Å². The zero-order chi connectivity index (χ0) is 37.4. The normalized spacial score (nSPS) is 13.5. The van der Waals surface area contributed by atoms with E-state index < -0.39 is 49.5 Å². The van der Waals surface area contributed by atoms with Crippen LogP contribution in [0, 0.1) is 25.7 Å². The molecule has 12 nitrogen and oxygen atoms in total. The Balaban J connectivity index is 1.79. The molecule has 0 radical (unpaired) electrons. The van der Waals surface area contributed by atoms with Crippen molar-refractivity contribution in [3.8, 4) is 0 Å². The van der Waals surface area contributed by atoms with E-state index in [1.54, 1.807) is 13.8 Å². The quantitative estimate of drug-likeness (QED) is 0.0552. The number of carbonyl (C=O) groups excluding carboxylic acids is 4. The van der Waals surface area contributed by atoms with Crippen LogP contribution in [-0.2, 0) is 55.7 Å². The highest BCUT2D eigenvalue weighted by Gasteiger charge is 2.23. The van der Waals surface area contributed by atoms with Crippen LogP contribution in [0.3, 0.4) is 0 Å². The first-order valence-electron chi connectivity index (χ1n) is 17.8. The van der Waals surface area contributed by atoms with Crippen molar-refractivity contribution in [2.75, 3.05) is 46.3 Å². The third kappa shape index (κ3) is 19.4. The van der Waals surface area contributed by atoms with Crippen LogP contribution in [0.4, 0.5) is 0 Å². The van der Waals surface area contributed by atoms with Gasteiger partial charge in [0.1, 0.15) is 26.1 Å². The van der Waals surface area contributed by atoms with Gasteiger partial charge in [-0.15, -0.1) is 0 Å². The summed E-state index contributed by atoms with van der Waals surface area (Å²) in [5, 5.41) is 21.0. The zero-order valence-corrected chi connectivity index (χ0v) is 30.6. The summed E-state index contributed by atoms with van der Waals surface area (Å²) in [7, 11) is 0. The number of aliphatic hydroxyl groups is 2. The lowest BCUT2D eigenvalue weighted by Crippen LogP contribution is -2.33. The number of hydrogen-bond donors (Lipinski definition) is 3. The van der Waals surface area contributed by atoms with Crippen molar-refractivity contribution in [2.45, 2.75) is 91.3 Å². The first kappa shape index (κ1) is 43.3. The number of rotatable bonds is 26. The van der Waals surface area contributed by atoms with Gasteiger partial charge < -0.3 is 39.2 Å². The van der Waals surface area contributed by atoms with E-state index in [4.69, 9.17) is 28.8 Å². The first-order valence-corrected chi connectivity index (χ1v) is 17.8. The molecule has 51 heavy (non-hydrogen) atoms. The predicted octanol–water partition coefficient (Wildman–Crippen LogP) is 4.16. The molecular formula is C39H57NO11. The van der Waals surface area contributed by atoms with E-state index in [2.05, 4.69) is 5.32 Å². The van der Waals surface area contributed by atoms with E-state index in [1.165, 1.54) is 11.1 Å². The summed E-state index contributed by atoms with van der Waals surface area (Å²) >= 11 is 0. The summed E-state index contributed by atoms with van der Waals surface area (Å²) < 4.78 is 26.5. The molecule has 0 amide bonds. The Bertz CT molecular complexity index is 1230. The van der Waals surface area contributed by atoms with Crippen molar-refractivity contribution in [3.05, 3.63) is 70.8 Å². The standard InChI is InChI=1S/C39H57NO11/c1-28-9-15-32(16-10-28)19-13-30(3)38(45)48-25-35(26-49-39(46)31(4)14-20-33-17-11-29(2)12-18-33)51-37(44)8-6-22-40-21-5-7-36(43)50-34(23-41)24-47-27-42/h9-12,15-18,30-31,34-35,40-42H,5-8,13-14,19-27H2,1-4H3. The van der Waals surface area contributed by atoms with Crippen LogP contribution in [0.1, 0.15) is 74.6 Å². The molecule has 0 saturated carbocycles. The average molecular weight is 716 g/mol. The fourth-order valence-electron chi connectivity index (χ4n) is 4.90. The average Bonchev–Trinajstić information content (AvgIpc) is 3.12. The van der Waals surface area contributed by atoms with Crippen LogP contribution in [0.15, 0.2) is 48.5 Å². The fourth-order valence-corrected chi connectivity index (χ4v) is 4.90. The summed E-state index contributed by atoms with van der Waals surface area (Å²) in [6.45, 7) is 7.11. The highest BCUT2D eigenvalue weighted by molar-refractivity contribution is 5.73. The number of aryl methyl sites for hydroxylation is 4. The topological polar surface area (TPSA) is 167 Å². The second-order valence-corrected chi connectivity index (χ2v) is 13.0. The lowest BCUT2D eigenvalue weighted by molar-refractivity contribution is -0.169. The van der Waals surface area contributed by atoms with Crippen molar-refractivity contribution in [1.82, 2.24) is 5.32 Å². The molecule has 2 aromatic carbocycles. The van der Waals surface area contributed by atoms with Gasteiger partial charge in [-0.05, 0) is 76.6 Å². The van der Waals surface area contributed by atoms with Crippen LogP contribution < -0.4 is 5.32 Å². The maximum Gasteiger partial charge on any atom is 0.308 e. The Hall–Kier alpha value is -3.84. The Morgan fingerprint density at radius 3 is 1.49 bits per heavy atom. The lowest BCUT2D eigenvalue weighted by Gasteiger charge is -2.20. The molecule has 0 saturated heterocycles. The summed E-state index contributed by atoms with van der Waals surface area (Å²) in [5.74, 6) is -2.60. The van der Waals surface area contributed by atoms with Gasteiger partial charge in [-0.3, -0.25) is 19.2 Å². The van der Waals surface area contributed by atoms with Gasteiger partial charge >= 0.3 is 23.9 Å². The molecule has 0 bridgehead atoms. The molecule has 3 N–H and O–H groups in total. The van der Waals surface area contributed by atoms with Crippen molar-refractivity contribution in [1.29, 1.82) is 0 Å². The summed E-state index contributed by atoms with van der Waals surface area (Å²) in [4.78, 5) is 50.3. The first-order chi connectivity index (χ1) is 24.5. The molecule has 0 heterocycles. The highest BCUT2D eigenvalue weighted by atomic mass is 16.6. The molecule has 0 fully saturated rings. The van der Waals surface area contributed by atoms with E-state index in [1.807, 2.05) is 62.4 Å². The van der Waals surface area contributed by atoms with E-state index in [0.717, 1.165) is 24.0 Å². The molecule has 2 aromatic rings. The number of carbonyl (C=O) groups is 4. The van der Waals surface area contributed by atoms with Crippen molar-refractivity contribution in [3.63, 3.8) is 0 Å². The van der Waals surface area contributed by atoms with E-state index >= 15 is 0 Å². The molecule has 0 spiro atoms. The van der Waals surface area contributed by atoms with Gasteiger partial charge in [0.2, 0.25) is 0 Å². The summed E-state index contributed by atoms with van der Waals surface area (Å²) in [6.07, 6.45) is 1.97. The number of benzene rings is 2. The summed E-state index contributed by atoms with van der Waals surface area (Å²) in [5.41, 5.74) is 4.59. The molecule has 3 atom stereocenters. The molecule has 12 heteroatoms. The van der Waals surface area contributed by atoms with Crippen LogP contribution in [0.2, 0.25) is 0 Å². The largest absolute Gasteiger partial charge is 0.461 e. The van der Waals surface area contributed by atoms with Gasteiger partial charge in [-0.1, -0.05) is 73.5 Å². The van der Waals surface area contributed by atoms with E-state index in [9.17, 15) is 24.3 Å². The minimum atomic E-state index is -0.955. The molecular weight excluding hydrogens is 658 g/mol. The second-order valence-electron chi connectivity index (χ2n) is 13.0. The number of nitrogens with one attached hydrogen (secondary N) is 1. The van der Waals surface area contributed by atoms with Gasteiger partial charge in [0.05, 0.1) is 25.0 Å². The van der Waals surface area contributed by atoms with E-state index in [0.29, 0.717) is 38.8 Å². The molecule has 0 aliphatic heterocycles. The van der Waals surface area contributed by atoms with Crippen LogP contribution in [-0.4, -0.2) is 92.6 Å². The molecule has 3 unspecified atom stereocenters. The maximum absolute atomic E-state index is 12.8. The Labute approximate surface area is 302 Å². The zero-order valence-electron chi connectivity index (χ0n) is 30.6. The molecule has 2 rings (SSSR count). The lowest BCUT2D eigenvalue weighted by atomic mass is 10.0. The number of esters is 4. The molecule has 0 aromatic heterocycles.